The van der Waals surface area contributed by atoms with Crippen LogP contribution in [0.5, 0.6) is 5.75 Å². The maximum absolute atomic E-state index is 11.8. The van der Waals surface area contributed by atoms with Gasteiger partial charge in [-0.1, -0.05) is 18.2 Å². The smallest absolute Gasteiger partial charge is 0.253 e. The van der Waals surface area contributed by atoms with Gasteiger partial charge < -0.3 is 9.30 Å². The Kier molecular flexibility index (Phi) is 3.28. The predicted octanol–water partition coefficient (Wildman–Crippen LogP) is 2.21. The fourth-order valence-electron chi connectivity index (χ4n) is 1.71. The second-order valence-electron chi connectivity index (χ2n) is 3.97. The van der Waals surface area contributed by atoms with Gasteiger partial charge in [0.05, 0.1) is 13.7 Å². The molecule has 1 aromatic carbocycles. The van der Waals surface area contributed by atoms with E-state index in [0.29, 0.717) is 6.54 Å². The Morgan fingerprint density at radius 1 is 1.18 bits per heavy atom. The van der Waals surface area contributed by atoms with Crippen LogP contribution in [0.2, 0.25) is 0 Å². The first kappa shape index (κ1) is 11.5. The molecule has 2 rings (SSSR count). The fourth-order valence-corrected chi connectivity index (χ4v) is 1.71. The Morgan fingerprint density at radius 2 is 1.88 bits per heavy atom. The van der Waals surface area contributed by atoms with Crippen LogP contribution in [0.3, 0.4) is 0 Å². The van der Waals surface area contributed by atoms with Gasteiger partial charge in [0.25, 0.3) is 5.56 Å². The Morgan fingerprint density at radius 3 is 2.53 bits per heavy atom. The zero-order valence-corrected chi connectivity index (χ0v) is 10.0. The molecule has 0 N–H and O–H groups in total. The SMILES string of the molecule is COc1ccc(Cn2cccc(C)c2=O)cc1. The molecule has 0 radical (unpaired) electrons. The van der Waals surface area contributed by atoms with Crippen molar-refractivity contribution in [2.75, 3.05) is 7.11 Å². The number of aryl methyl sites for hydroxylation is 1. The summed E-state index contributed by atoms with van der Waals surface area (Å²) in [6.45, 7) is 2.41. The van der Waals surface area contributed by atoms with Gasteiger partial charge in [0, 0.05) is 11.8 Å². The van der Waals surface area contributed by atoms with Gasteiger partial charge in [0.1, 0.15) is 5.75 Å². The number of pyridine rings is 1. The third kappa shape index (κ3) is 2.56. The summed E-state index contributed by atoms with van der Waals surface area (Å²) in [5.74, 6) is 0.824. The lowest BCUT2D eigenvalue weighted by Crippen LogP contribution is -2.21. The lowest BCUT2D eigenvalue weighted by Gasteiger charge is -2.07. The molecule has 88 valence electrons. The summed E-state index contributed by atoms with van der Waals surface area (Å²) >= 11 is 0. The number of nitrogens with zero attached hydrogens (tertiary/aromatic N) is 1. The third-order valence-corrected chi connectivity index (χ3v) is 2.72. The highest BCUT2D eigenvalue weighted by atomic mass is 16.5. The molecule has 0 aliphatic rings. The van der Waals surface area contributed by atoms with E-state index in [1.807, 2.05) is 43.3 Å². The number of hydrogen-bond acceptors (Lipinski definition) is 2. The van der Waals surface area contributed by atoms with Crippen LogP contribution < -0.4 is 10.3 Å². The lowest BCUT2D eigenvalue weighted by molar-refractivity contribution is 0.414. The molecular formula is C14H15NO2. The van der Waals surface area contributed by atoms with Crippen LogP contribution in [0.4, 0.5) is 0 Å². The summed E-state index contributed by atoms with van der Waals surface area (Å²) in [6.07, 6.45) is 1.81. The highest BCUT2D eigenvalue weighted by Crippen LogP contribution is 2.11. The van der Waals surface area contributed by atoms with Crippen LogP contribution in [-0.2, 0) is 6.54 Å². The molecule has 0 amide bonds. The van der Waals surface area contributed by atoms with E-state index in [9.17, 15) is 4.79 Å². The topological polar surface area (TPSA) is 31.2 Å². The predicted molar refractivity (Wildman–Crippen MR) is 67.5 cm³/mol. The van der Waals surface area contributed by atoms with Gasteiger partial charge in [-0.15, -0.1) is 0 Å². The van der Waals surface area contributed by atoms with E-state index in [4.69, 9.17) is 4.74 Å². The molecule has 0 atom stereocenters. The Balaban J connectivity index is 2.25. The molecule has 0 saturated carbocycles. The molecule has 17 heavy (non-hydrogen) atoms. The highest BCUT2D eigenvalue weighted by Gasteiger charge is 2.00. The van der Waals surface area contributed by atoms with Crippen LogP contribution in [0.1, 0.15) is 11.1 Å². The number of ether oxygens (including phenoxy) is 1. The number of methoxy groups -OCH3 is 1. The maximum Gasteiger partial charge on any atom is 0.253 e. The minimum absolute atomic E-state index is 0.0586. The zero-order valence-electron chi connectivity index (χ0n) is 10.0. The molecule has 1 aromatic heterocycles. The average Bonchev–Trinajstić information content (AvgIpc) is 2.36. The summed E-state index contributed by atoms with van der Waals surface area (Å²) in [7, 11) is 1.64. The lowest BCUT2D eigenvalue weighted by atomic mass is 10.2. The summed E-state index contributed by atoms with van der Waals surface area (Å²) in [5.41, 5.74) is 1.91. The van der Waals surface area contributed by atoms with Crippen molar-refractivity contribution in [1.29, 1.82) is 0 Å². The minimum Gasteiger partial charge on any atom is -0.497 e. The van der Waals surface area contributed by atoms with E-state index in [2.05, 4.69) is 0 Å². The normalized spacial score (nSPS) is 10.2. The molecule has 3 nitrogen and oxygen atoms in total. The highest BCUT2D eigenvalue weighted by molar-refractivity contribution is 5.27. The van der Waals surface area contributed by atoms with Crippen LogP contribution >= 0.6 is 0 Å². The number of aromatic nitrogens is 1. The van der Waals surface area contributed by atoms with Crippen LogP contribution in [-0.4, -0.2) is 11.7 Å². The molecule has 3 heteroatoms. The van der Waals surface area contributed by atoms with Gasteiger partial charge in [-0.25, -0.2) is 0 Å². The first-order valence-corrected chi connectivity index (χ1v) is 5.49. The van der Waals surface area contributed by atoms with Crippen molar-refractivity contribution in [2.45, 2.75) is 13.5 Å². The zero-order chi connectivity index (χ0) is 12.3. The molecule has 0 unspecified atom stereocenters. The number of hydrogen-bond donors (Lipinski definition) is 0. The summed E-state index contributed by atoms with van der Waals surface area (Å²) in [5, 5.41) is 0. The van der Waals surface area contributed by atoms with Gasteiger partial charge in [-0.05, 0) is 30.7 Å². The van der Waals surface area contributed by atoms with Crippen LogP contribution in [0.25, 0.3) is 0 Å². The molecule has 2 aromatic rings. The second-order valence-corrected chi connectivity index (χ2v) is 3.97. The molecule has 0 fully saturated rings. The first-order chi connectivity index (χ1) is 8.20. The van der Waals surface area contributed by atoms with Crippen LogP contribution in [0.15, 0.2) is 47.4 Å². The van der Waals surface area contributed by atoms with E-state index in [-0.39, 0.29) is 5.56 Å². The second kappa shape index (κ2) is 4.87. The Labute approximate surface area is 100 Å². The van der Waals surface area contributed by atoms with E-state index in [1.165, 1.54) is 0 Å². The van der Waals surface area contributed by atoms with Crippen molar-refractivity contribution < 1.29 is 4.74 Å². The summed E-state index contributed by atoms with van der Waals surface area (Å²) in [4.78, 5) is 11.8. The standard InChI is InChI=1S/C14H15NO2/c1-11-4-3-9-15(14(11)16)10-12-5-7-13(17-2)8-6-12/h3-9H,10H2,1-2H3. The van der Waals surface area contributed by atoms with E-state index in [0.717, 1.165) is 16.9 Å². The van der Waals surface area contributed by atoms with Crippen molar-refractivity contribution in [3.8, 4) is 5.75 Å². The summed E-state index contributed by atoms with van der Waals surface area (Å²) in [6, 6.07) is 11.4. The summed E-state index contributed by atoms with van der Waals surface area (Å²) < 4.78 is 6.80. The minimum atomic E-state index is 0.0586. The van der Waals surface area contributed by atoms with Gasteiger partial charge in [0.15, 0.2) is 0 Å². The third-order valence-electron chi connectivity index (χ3n) is 2.72. The maximum atomic E-state index is 11.8. The first-order valence-electron chi connectivity index (χ1n) is 5.49. The van der Waals surface area contributed by atoms with E-state index >= 15 is 0 Å². The quantitative estimate of drug-likeness (QED) is 0.808. The largest absolute Gasteiger partial charge is 0.497 e. The average molecular weight is 229 g/mol. The molecule has 0 aliphatic heterocycles. The molecule has 0 spiro atoms. The van der Waals surface area contributed by atoms with Crippen molar-refractivity contribution in [3.63, 3.8) is 0 Å². The Hall–Kier alpha value is -2.03. The van der Waals surface area contributed by atoms with Crippen LogP contribution in [0, 0.1) is 6.92 Å². The number of benzene rings is 1. The van der Waals surface area contributed by atoms with Gasteiger partial charge in [0.2, 0.25) is 0 Å². The number of rotatable bonds is 3. The van der Waals surface area contributed by atoms with Crippen molar-refractivity contribution in [3.05, 3.63) is 64.1 Å². The molecule has 0 bridgehead atoms. The van der Waals surface area contributed by atoms with E-state index < -0.39 is 0 Å². The molecule has 0 aliphatic carbocycles. The van der Waals surface area contributed by atoms with Crippen molar-refractivity contribution in [2.24, 2.45) is 0 Å². The fraction of sp³-hybridized carbons (Fsp3) is 0.214. The van der Waals surface area contributed by atoms with Gasteiger partial charge in [-0.3, -0.25) is 4.79 Å². The Bertz CT molecular complexity index is 555. The van der Waals surface area contributed by atoms with Gasteiger partial charge in [-0.2, -0.15) is 0 Å². The van der Waals surface area contributed by atoms with Gasteiger partial charge >= 0.3 is 0 Å². The van der Waals surface area contributed by atoms with Crippen molar-refractivity contribution in [1.82, 2.24) is 4.57 Å². The molecular weight excluding hydrogens is 214 g/mol. The van der Waals surface area contributed by atoms with E-state index in [1.54, 1.807) is 17.9 Å². The molecule has 0 saturated heterocycles. The van der Waals surface area contributed by atoms with Crippen molar-refractivity contribution >= 4 is 0 Å². The molecule has 1 heterocycles. The monoisotopic (exact) mass is 229 g/mol.